The number of nitrogens with zero attached hydrogens (tertiary/aromatic N) is 1. The van der Waals surface area contributed by atoms with Crippen molar-refractivity contribution in [3.63, 3.8) is 0 Å². The molecule has 0 bridgehead atoms. The molecule has 1 amide bonds. The number of hydrogen-bond acceptors (Lipinski definition) is 6. The first-order chi connectivity index (χ1) is 11.0. The van der Waals surface area contributed by atoms with Crippen LogP contribution in [0.2, 0.25) is 0 Å². The van der Waals surface area contributed by atoms with Gasteiger partial charge in [-0.3, -0.25) is 4.90 Å². The molecule has 24 heavy (non-hydrogen) atoms. The Bertz CT molecular complexity index is 648. The molecule has 4 N–H and O–H groups in total. The SMILES string of the molecule is Cl.NC[C@H]1CN(c2ccc(C3C=CSC(O)C3O)c(F)c2)C(=O)O1. The molecule has 0 radical (unpaired) electrons. The van der Waals surface area contributed by atoms with Gasteiger partial charge in [-0.25, -0.2) is 9.18 Å². The number of rotatable bonds is 3. The highest BCUT2D eigenvalue weighted by Crippen LogP contribution is 2.35. The second-order valence-corrected chi connectivity index (χ2v) is 6.46. The second kappa shape index (κ2) is 7.71. The van der Waals surface area contributed by atoms with Crippen LogP contribution in [0, 0.1) is 5.82 Å². The minimum absolute atomic E-state index is 0. The molecule has 1 fully saturated rings. The van der Waals surface area contributed by atoms with Gasteiger partial charge in [-0.15, -0.1) is 24.2 Å². The number of halogens is 2. The third-order valence-electron chi connectivity index (χ3n) is 3.96. The number of aliphatic hydroxyl groups excluding tert-OH is 2. The molecule has 0 saturated carbocycles. The van der Waals surface area contributed by atoms with Crippen molar-refractivity contribution >= 4 is 35.9 Å². The highest BCUT2D eigenvalue weighted by Gasteiger charge is 2.33. The topological polar surface area (TPSA) is 96.0 Å². The zero-order valence-corrected chi connectivity index (χ0v) is 14.2. The van der Waals surface area contributed by atoms with Crippen LogP contribution in [0.25, 0.3) is 0 Å². The Morgan fingerprint density at radius 3 is 2.79 bits per heavy atom. The van der Waals surface area contributed by atoms with Crippen LogP contribution in [0.3, 0.4) is 0 Å². The van der Waals surface area contributed by atoms with Gasteiger partial charge in [-0.1, -0.05) is 12.1 Å². The molecule has 2 heterocycles. The van der Waals surface area contributed by atoms with Crippen LogP contribution in [0.5, 0.6) is 0 Å². The number of nitrogens with two attached hydrogens (primary N) is 1. The van der Waals surface area contributed by atoms with Gasteiger partial charge in [0.25, 0.3) is 0 Å². The van der Waals surface area contributed by atoms with E-state index < -0.39 is 35.5 Å². The Labute approximate surface area is 148 Å². The van der Waals surface area contributed by atoms with Gasteiger partial charge >= 0.3 is 6.09 Å². The molecule has 2 aliphatic rings. The van der Waals surface area contributed by atoms with Crippen molar-refractivity contribution in [1.29, 1.82) is 0 Å². The van der Waals surface area contributed by atoms with E-state index in [1.165, 1.54) is 17.0 Å². The van der Waals surface area contributed by atoms with Gasteiger partial charge in [-0.05, 0) is 23.1 Å². The maximum Gasteiger partial charge on any atom is 0.414 e. The molecule has 132 valence electrons. The number of carbonyl (C=O) groups is 1. The standard InChI is InChI=1S/C15H17FN2O4S.ClH/c16-12-5-8(18-7-9(6-17)22-15(18)21)1-2-10(12)11-3-4-23-14(20)13(11)19;/h1-5,9,11,13-14,19-20H,6-7,17H2;1H/t9-,11?,13?,14?;/m0./s1. The molecular weight excluding hydrogens is 359 g/mol. The van der Waals surface area contributed by atoms with Crippen LogP contribution < -0.4 is 10.6 Å². The molecule has 2 aliphatic heterocycles. The summed E-state index contributed by atoms with van der Waals surface area (Å²) >= 11 is 1.08. The molecule has 3 rings (SSSR count). The minimum atomic E-state index is -1.09. The maximum absolute atomic E-state index is 14.5. The smallest absolute Gasteiger partial charge is 0.414 e. The Morgan fingerprint density at radius 1 is 1.42 bits per heavy atom. The highest BCUT2D eigenvalue weighted by molar-refractivity contribution is 8.02. The zero-order valence-electron chi connectivity index (χ0n) is 12.5. The first-order valence-corrected chi connectivity index (χ1v) is 8.11. The fourth-order valence-corrected chi connectivity index (χ4v) is 3.43. The summed E-state index contributed by atoms with van der Waals surface area (Å²) in [5.41, 5.74) is 5.12. The molecule has 9 heteroatoms. The monoisotopic (exact) mass is 376 g/mol. The molecule has 6 nitrogen and oxygen atoms in total. The van der Waals surface area contributed by atoms with Crippen molar-refractivity contribution < 1.29 is 24.1 Å². The molecule has 3 unspecified atom stereocenters. The normalized spacial score (nSPS) is 29.3. The lowest BCUT2D eigenvalue weighted by molar-refractivity contribution is 0.0613. The fraction of sp³-hybridized carbons (Fsp3) is 0.400. The van der Waals surface area contributed by atoms with Crippen LogP contribution in [-0.4, -0.2) is 47.0 Å². The Morgan fingerprint density at radius 2 is 2.17 bits per heavy atom. The molecule has 0 aliphatic carbocycles. The predicted octanol–water partition coefficient (Wildman–Crippen LogP) is 1.55. The van der Waals surface area contributed by atoms with Gasteiger partial charge in [-0.2, -0.15) is 0 Å². The Balaban J connectivity index is 0.00000208. The summed E-state index contributed by atoms with van der Waals surface area (Å²) in [5.74, 6) is -1.19. The average Bonchev–Trinajstić information content (AvgIpc) is 2.91. The summed E-state index contributed by atoms with van der Waals surface area (Å²) in [6, 6.07) is 4.33. The lowest BCUT2D eigenvalue weighted by Crippen LogP contribution is -2.31. The van der Waals surface area contributed by atoms with Gasteiger partial charge in [0.15, 0.2) is 0 Å². The van der Waals surface area contributed by atoms with Crippen molar-refractivity contribution in [2.75, 3.05) is 18.0 Å². The van der Waals surface area contributed by atoms with Crippen molar-refractivity contribution in [3.05, 3.63) is 41.1 Å². The van der Waals surface area contributed by atoms with E-state index in [2.05, 4.69) is 0 Å². The summed E-state index contributed by atoms with van der Waals surface area (Å²) < 4.78 is 19.5. The number of benzene rings is 1. The number of hydrogen-bond donors (Lipinski definition) is 3. The summed E-state index contributed by atoms with van der Waals surface area (Å²) in [6.07, 6.45) is -0.407. The van der Waals surface area contributed by atoms with E-state index in [1.54, 1.807) is 17.6 Å². The van der Waals surface area contributed by atoms with Crippen LogP contribution in [-0.2, 0) is 4.74 Å². The summed E-state index contributed by atoms with van der Waals surface area (Å²) in [4.78, 5) is 13.1. The van der Waals surface area contributed by atoms with Crippen molar-refractivity contribution in [1.82, 2.24) is 0 Å². The van der Waals surface area contributed by atoms with Crippen LogP contribution in [0.15, 0.2) is 29.7 Å². The average molecular weight is 377 g/mol. The number of ether oxygens (including phenoxy) is 1. The van der Waals surface area contributed by atoms with Gasteiger partial charge in [0.2, 0.25) is 0 Å². The van der Waals surface area contributed by atoms with Crippen LogP contribution in [0.4, 0.5) is 14.9 Å². The van der Waals surface area contributed by atoms with E-state index in [9.17, 15) is 19.4 Å². The molecule has 0 aromatic heterocycles. The number of cyclic esters (lactones) is 1. The number of amides is 1. The lowest BCUT2D eigenvalue weighted by atomic mass is 9.92. The van der Waals surface area contributed by atoms with Gasteiger partial charge in [0.05, 0.1) is 18.3 Å². The van der Waals surface area contributed by atoms with E-state index >= 15 is 0 Å². The fourth-order valence-electron chi connectivity index (χ4n) is 2.68. The summed E-state index contributed by atoms with van der Waals surface area (Å²) in [6.45, 7) is 0.479. The van der Waals surface area contributed by atoms with Gasteiger partial charge in [0.1, 0.15) is 17.4 Å². The first kappa shape index (κ1) is 19.0. The van der Waals surface area contributed by atoms with Crippen LogP contribution in [0.1, 0.15) is 11.5 Å². The number of carbonyl (C=O) groups excluding carboxylic acids is 1. The van der Waals surface area contributed by atoms with Gasteiger partial charge in [0, 0.05) is 12.5 Å². The maximum atomic E-state index is 14.5. The molecular formula is C15H18ClFN2O4S. The Hall–Kier alpha value is -1.32. The minimum Gasteiger partial charge on any atom is -0.443 e. The first-order valence-electron chi connectivity index (χ1n) is 7.17. The van der Waals surface area contributed by atoms with E-state index in [0.717, 1.165) is 11.8 Å². The number of thioether (sulfide) groups is 1. The third-order valence-corrected chi connectivity index (χ3v) is 4.83. The second-order valence-electron chi connectivity index (χ2n) is 5.43. The quantitative estimate of drug-likeness (QED) is 0.740. The zero-order chi connectivity index (χ0) is 16.6. The molecule has 1 aromatic carbocycles. The van der Waals surface area contributed by atoms with E-state index in [1.807, 2.05) is 0 Å². The van der Waals surface area contributed by atoms with E-state index in [4.69, 9.17) is 10.5 Å². The highest BCUT2D eigenvalue weighted by atomic mass is 35.5. The Kier molecular flexibility index (Phi) is 6.11. The largest absolute Gasteiger partial charge is 0.443 e. The molecule has 1 aromatic rings. The lowest BCUT2D eigenvalue weighted by Gasteiger charge is -2.28. The van der Waals surface area contributed by atoms with Crippen molar-refractivity contribution in [2.24, 2.45) is 5.73 Å². The number of aliphatic hydroxyl groups is 2. The van der Waals surface area contributed by atoms with Crippen LogP contribution >= 0.6 is 24.2 Å². The van der Waals surface area contributed by atoms with E-state index in [0.29, 0.717) is 5.69 Å². The van der Waals surface area contributed by atoms with Crippen molar-refractivity contribution in [3.8, 4) is 0 Å². The van der Waals surface area contributed by atoms with Gasteiger partial charge < -0.3 is 20.7 Å². The molecule has 4 atom stereocenters. The molecule has 1 saturated heterocycles. The summed E-state index contributed by atoms with van der Waals surface area (Å²) in [5, 5.41) is 21.3. The molecule has 0 spiro atoms. The van der Waals surface area contributed by atoms with E-state index in [-0.39, 0.29) is 31.1 Å². The third kappa shape index (κ3) is 3.52. The number of anilines is 1. The summed E-state index contributed by atoms with van der Waals surface area (Å²) in [7, 11) is 0. The van der Waals surface area contributed by atoms with Crippen molar-refractivity contribution in [2.45, 2.75) is 23.6 Å². The predicted molar refractivity (Wildman–Crippen MR) is 91.8 cm³/mol.